The molecule has 0 aromatic carbocycles. The van der Waals surface area contributed by atoms with E-state index in [1.165, 1.54) is 0 Å². The second kappa shape index (κ2) is 10.6. The van der Waals surface area contributed by atoms with Crippen LogP contribution in [-0.2, 0) is 0 Å². The SMILES string of the molecule is CC1CC(F)(F)C(F)(C(F)(F)F)C(F)(CF)C1.CCC1CC(F)(F)C(F)(C(F)(F)F)C(C)(F)C1(F)F.CF. The van der Waals surface area contributed by atoms with Crippen LogP contribution in [0.3, 0.4) is 0 Å². The molecule has 0 aliphatic heterocycles. The van der Waals surface area contributed by atoms with E-state index in [2.05, 4.69) is 0 Å². The van der Waals surface area contributed by atoms with Gasteiger partial charge in [0, 0.05) is 18.8 Å². The Morgan fingerprint density at radius 3 is 1.34 bits per heavy atom. The minimum atomic E-state index is -6.46. The van der Waals surface area contributed by atoms with E-state index < -0.39 is 104 Å². The topological polar surface area (TPSA) is 0 Å². The fraction of sp³-hybridized carbons (Fsp3) is 1.00. The smallest absolute Gasteiger partial charge is 0.255 e. The molecule has 6 atom stereocenters. The molecular formula is C20H24F18. The average molecular weight is 606 g/mol. The van der Waals surface area contributed by atoms with E-state index >= 15 is 0 Å². The summed E-state index contributed by atoms with van der Waals surface area (Å²) in [4.78, 5) is 0. The second-order valence-electron chi connectivity index (χ2n) is 9.27. The average Bonchev–Trinajstić information content (AvgIpc) is 2.73. The van der Waals surface area contributed by atoms with Gasteiger partial charge in [0.15, 0.2) is 5.67 Å². The zero-order valence-corrected chi connectivity index (χ0v) is 20.0. The number of rotatable bonds is 2. The molecule has 0 aromatic rings. The summed E-state index contributed by atoms with van der Waals surface area (Å²) in [5.74, 6) is -18.7. The Morgan fingerprint density at radius 2 is 1.03 bits per heavy atom. The largest absolute Gasteiger partial charge is 0.432 e. The Hall–Kier alpha value is -1.26. The van der Waals surface area contributed by atoms with E-state index in [1.807, 2.05) is 0 Å². The molecule has 2 fully saturated rings. The standard InChI is InChI=1S/C10H11F9.C9H10F8.CH3F/c1-3-5-4-7(12,13)9(16,10(17,18)19)6(2,11)8(5,14)15;1-5-2-6(11,4-10)8(14,9(15,16)17)7(12,13)3-5;1-2/h5H,3-4H2,1-2H3;5H,2-4H2,1H3;1H3. The lowest BCUT2D eigenvalue weighted by Gasteiger charge is -2.52. The van der Waals surface area contributed by atoms with Crippen molar-refractivity contribution in [2.24, 2.45) is 11.8 Å². The van der Waals surface area contributed by atoms with Gasteiger partial charge in [-0.15, -0.1) is 0 Å². The molecule has 230 valence electrons. The van der Waals surface area contributed by atoms with Crippen molar-refractivity contribution in [2.45, 2.75) is 99.2 Å². The first-order chi connectivity index (χ1) is 16.6. The molecule has 6 unspecified atom stereocenters. The fourth-order valence-electron chi connectivity index (χ4n) is 4.69. The fourth-order valence-corrected chi connectivity index (χ4v) is 4.69. The Kier molecular flexibility index (Phi) is 10.3. The van der Waals surface area contributed by atoms with Crippen LogP contribution in [0, 0.1) is 11.8 Å². The summed E-state index contributed by atoms with van der Waals surface area (Å²) in [6, 6.07) is 0. The first-order valence-electron chi connectivity index (χ1n) is 10.5. The molecule has 2 aliphatic carbocycles. The number of hydrogen-bond donors (Lipinski definition) is 0. The molecule has 0 N–H and O–H groups in total. The summed E-state index contributed by atoms with van der Waals surface area (Å²) in [6.07, 6.45) is -18.1. The van der Waals surface area contributed by atoms with E-state index in [-0.39, 0.29) is 0 Å². The molecule has 0 heterocycles. The first kappa shape index (κ1) is 36.7. The molecule has 0 radical (unpaired) electrons. The van der Waals surface area contributed by atoms with Crippen LogP contribution in [0.2, 0.25) is 0 Å². The molecule has 0 nitrogen and oxygen atoms in total. The second-order valence-corrected chi connectivity index (χ2v) is 9.27. The van der Waals surface area contributed by atoms with Crippen molar-refractivity contribution in [1.29, 1.82) is 0 Å². The molecule has 18 heteroatoms. The van der Waals surface area contributed by atoms with Gasteiger partial charge in [0.05, 0.1) is 7.18 Å². The number of hydrogen-bond acceptors (Lipinski definition) is 0. The molecule has 2 aliphatic rings. The van der Waals surface area contributed by atoms with E-state index in [1.54, 1.807) is 0 Å². The minimum Gasteiger partial charge on any atom is -0.255 e. The van der Waals surface area contributed by atoms with E-state index in [9.17, 15) is 79.0 Å². The maximum absolute atomic E-state index is 13.8. The van der Waals surface area contributed by atoms with Gasteiger partial charge in [-0.05, 0) is 25.7 Å². The maximum atomic E-state index is 13.8. The highest BCUT2D eigenvalue weighted by atomic mass is 19.4. The Bertz CT molecular complexity index is 786. The summed E-state index contributed by atoms with van der Waals surface area (Å²) < 4.78 is 231. The third-order valence-corrected chi connectivity index (χ3v) is 6.68. The van der Waals surface area contributed by atoms with Crippen molar-refractivity contribution in [3.8, 4) is 0 Å². The van der Waals surface area contributed by atoms with Crippen LogP contribution < -0.4 is 0 Å². The highest BCUT2D eigenvalue weighted by Crippen LogP contribution is 2.65. The predicted octanol–water partition coefficient (Wildman–Crippen LogP) is 9.27. The van der Waals surface area contributed by atoms with Gasteiger partial charge in [-0.3, -0.25) is 4.39 Å². The van der Waals surface area contributed by atoms with Crippen molar-refractivity contribution in [2.75, 3.05) is 13.9 Å². The van der Waals surface area contributed by atoms with Crippen molar-refractivity contribution >= 4 is 0 Å². The molecule has 38 heavy (non-hydrogen) atoms. The van der Waals surface area contributed by atoms with Crippen molar-refractivity contribution in [3.05, 3.63) is 0 Å². The molecule has 2 saturated carbocycles. The summed E-state index contributed by atoms with van der Waals surface area (Å²) >= 11 is 0. The van der Waals surface area contributed by atoms with Gasteiger partial charge in [0.1, 0.15) is 6.67 Å². The van der Waals surface area contributed by atoms with Gasteiger partial charge >= 0.3 is 23.7 Å². The van der Waals surface area contributed by atoms with Gasteiger partial charge in [0.25, 0.3) is 17.8 Å². The molecule has 0 spiro atoms. The molecular weight excluding hydrogens is 582 g/mol. The van der Waals surface area contributed by atoms with Gasteiger partial charge < -0.3 is 0 Å². The van der Waals surface area contributed by atoms with Crippen LogP contribution in [0.4, 0.5) is 79.0 Å². The maximum Gasteiger partial charge on any atom is 0.432 e. The van der Waals surface area contributed by atoms with E-state index in [0.29, 0.717) is 7.18 Å². The van der Waals surface area contributed by atoms with Crippen molar-refractivity contribution in [1.82, 2.24) is 0 Å². The van der Waals surface area contributed by atoms with Crippen LogP contribution in [0.15, 0.2) is 0 Å². The molecule has 0 aromatic heterocycles. The first-order valence-corrected chi connectivity index (χ1v) is 10.5. The van der Waals surface area contributed by atoms with Gasteiger partial charge in [-0.1, -0.05) is 13.8 Å². The number of halogens is 18. The van der Waals surface area contributed by atoms with Crippen LogP contribution >= 0.6 is 0 Å². The Balaban J connectivity index is 0.000000680. The highest BCUT2D eigenvalue weighted by molar-refractivity contribution is 5.22. The van der Waals surface area contributed by atoms with E-state index in [4.69, 9.17) is 0 Å². The lowest BCUT2D eigenvalue weighted by molar-refractivity contribution is -0.399. The summed E-state index contributed by atoms with van der Waals surface area (Å²) in [5.41, 5.74) is -20.7. The Morgan fingerprint density at radius 1 is 0.658 bits per heavy atom. The molecule has 2 rings (SSSR count). The zero-order chi connectivity index (χ0) is 31.2. The van der Waals surface area contributed by atoms with E-state index in [0.717, 1.165) is 13.8 Å². The monoisotopic (exact) mass is 606 g/mol. The minimum absolute atomic E-state index is 0.462. The molecule has 0 amide bonds. The zero-order valence-electron chi connectivity index (χ0n) is 20.0. The van der Waals surface area contributed by atoms with Crippen LogP contribution in [0.1, 0.15) is 46.5 Å². The van der Waals surface area contributed by atoms with Crippen molar-refractivity contribution < 1.29 is 79.0 Å². The van der Waals surface area contributed by atoms with Crippen LogP contribution in [0.5, 0.6) is 0 Å². The third-order valence-electron chi connectivity index (χ3n) is 6.68. The van der Waals surface area contributed by atoms with Crippen LogP contribution in [0.25, 0.3) is 0 Å². The van der Waals surface area contributed by atoms with Gasteiger partial charge in [-0.2, -0.15) is 26.3 Å². The molecule has 0 saturated heterocycles. The summed E-state index contributed by atoms with van der Waals surface area (Å²) in [5, 5.41) is 0. The number of alkyl halides is 18. The van der Waals surface area contributed by atoms with Crippen LogP contribution in [-0.4, -0.2) is 66.6 Å². The Labute approximate surface area is 205 Å². The van der Waals surface area contributed by atoms with Gasteiger partial charge in [0.2, 0.25) is 5.67 Å². The quantitative estimate of drug-likeness (QED) is 0.275. The normalized spacial score (nSPS) is 40.3. The summed E-state index contributed by atoms with van der Waals surface area (Å²) in [6.45, 7) is -0.892. The van der Waals surface area contributed by atoms with Crippen molar-refractivity contribution in [3.63, 3.8) is 0 Å². The van der Waals surface area contributed by atoms with Gasteiger partial charge in [-0.25, -0.2) is 48.3 Å². The molecule has 0 bridgehead atoms. The lowest BCUT2D eigenvalue weighted by Crippen LogP contribution is -2.76. The lowest BCUT2D eigenvalue weighted by atomic mass is 9.64. The third kappa shape index (κ3) is 5.14. The predicted molar refractivity (Wildman–Crippen MR) is 97.8 cm³/mol. The highest BCUT2D eigenvalue weighted by Gasteiger charge is 2.89. The summed E-state index contributed by atoms with van der Waals surface area (Å²) in [7, 11) is 0.500.